The molecule has 0 saturated heterocycles. The molecule has 0 aliphatic rings. The van der Waals surface area contributed by atoms with Crippen molar-refractivity contribution in [3.05, 3.63) is 23.0 Å². The Morgan fingerprint density at radius 3 is 3.00 bits per heavy atom. The molecule has 0 aliphatic carbocycles. The second-order valence-electron chi connectivity index (χ2n) is 2.25. The summed E-state index contributed by atoms with van der Waals surface area (Å²) in [6.07, 6.45) is 2.03. The molecule has 1 rings (SSSR count). The maximum absolute atomic E-state index is 8.33. The summed E-state index contributed by atoms with van der Waals surface area (Å²) in [5.41, 5.74) is 6.49. The maximum Gasteiger partial charge on any atom is 0.106 e. The Labute approximate surface area is 69.8 Å². The zero-order valence-electron chi connectivity index (χ0n) is 5.84. The summed E-state index contributed by atoms with van der Waals surface area (Å²) in [4.78, 5) is 2.78. The van der Waals surface area contributed by atoms with E-state index in [1.54, 1.807) is 12.3 Å². The van der Waals surface area contributed by atoms with Crippen LogP contribution in [0, 0.1) is 11.3 Å². The average molecular weight is 170 g/mol. The molecular formula is C7H8ClN3. The van der Waals surface area contributed by atoms with Gasteiger partial charge in [-0.3, -0.25) is 0 Å². The van der Waals surface area contributed by atoms with E-state index >= 15 is 0 Å². The predicted octanol–water partition coefficient (Wildman–Crippen LogP) is 1.58. The van der Waals surface area contributed by atoms with Crippen molar-refractivity contribution in [2.24, 2.45) is 5.73 Å². The smallest absolute Gasteiger partial charge is 0.106 e. The van der Waals surface area contributed by atoms with Crippen LogP contribution in [0.5, 0.6) is 0 Å². The fourth-order valence-electron chi connectivity index (χ4n) is 0.812. The number of halogens is 1. The number of rotatable bonds is 2. The number of nitriles is 1. The second kappa shape index (κ2) is 3.42. The van der Waals surface area contributed by atoms with E-state index in [2.05, 4.69) is 4.98 Å². The van der Waals surface area contributed by atoms with Gasteiger partial charge in [-0.25, -0.2) is 0 Å². The molecule has 4 heteroatoms. The van der Waals surface area contributed by atoms with Gasteiger partial charge in [-0.15, -0.1) is 0 Å². The van der Waals surface area contributed by atoms with Crippen LogP contribution < -0.4 is 5.73 Å². The summed E-state index contributed by atoms with van der Waals surface area (Å²) in [5, 5.41) is 8.88. The second-order valence-corrected chi connectivity index (χ2v) is 2.66. The standard InChI is InChI=1S/C7H8ClN3/c8-7-3-5(4-11-7)6(10)1-2-9/h3-4,6,11H,1,10H2/t6-/m0/s1. The highest BCUT2D eigenvalue weighted by Gasteiger charge is 2.06. The Bertz CT molecular complexity index is 273. The van der Waals surface area contributed by atoms with Crippen LogP contribution in [0.2, 0.25) is 5.15 Å². The van der Waals surface area contributed by atoms with Crippen LogP contribution >= 0.6 is 11.6 Å². The fraction of sp³-hybridized carbons (Fsp3) is 0.286. The highest BCUT2D eigenvalue weighted by molar-refractivity contribution is 6.29. The largest absolute Gasteiger partial charge is 0.352 e. The SMILES string of the molecule is N#CC[C@H](N)c1c[nH]c(Cl)c1. The van der Waals surface area contributed by atoms with Crippen LogP contribution in [0.1, 0.15) is 18.0 Å². The zero-order chi connectivity index (χ0) is 8.27. The number of H-pyrrole nitrogens is 1. The van der Waals surface area contributed by atoms with Crippen molar-refractivity contribution in [3.8, 4) is 6.07 Å². The Balaban J connectivity index is 2.70. The lowest BCUT2D eigenvalue weighted by Gasteiger charge is -2.01. The molecule has 1 aromatic rings. The summed E-state index contributed by atoms with van der Waals surface area (Å²) in [6, 6.07) is 3.49. The minimum Gasteiger partial charge on any atom is -0.352 e. The lowest BCUT2D eigenvalue weighted by Crippen LogP contribution is -2.07. The van der Waals surface area contributed by atoms with Crippen molar-refractivity contribution in [1.82, 2.24) is 4.98 Å². The van der Waals surface area contributed by atoms with Crippen molar-refractivity contribution in [2.75, 3.05) is 0 Å². The van der Waals surface area contributed by atoms with Crippen molar-refractivity contribution in [2.45, 2.75) is 12.5 Å². The first-order valence-corrected chi connectivity index (χ1v) is 3.58. The van der Waals surface area contributed by atoms with Crippen molar-refractivity contribution in [3.63, 3.8) is 0 Å². The van der Waals surface area contributed by atoms with E-state index in [0.717, 1.165) is 5.56 Å². The number of nitrogens with zero attached hydrogens (tertiary/aromatic N) is 1. The van der Waals surface area contributed by atoms with Gasteiger partial charge in [0, 0.05) is 12.2 Å². The van der Waals surface area contributed by atoms with Crippen LogP contribution in [0.4, 0.5) is 0 Å². The number of hydrogen-bond donors (Lipinski definition) is 2. The van der Waals surface area contributed by atoms with E-state index in [-0.39, 0.29) is 6.04 Å². The molecule has 0 spiro atoms. The van der Waals surface area contributed by atoms with E-state index < -0.39 is 0 Å². The van der Waals surface area contributed by atoms with Crippen molar-refractivity contribution >= 4 is 11.6 Å². The van der Waals surface area contributed by atoms with Crippen LogP contribution in [-0.2, 0) is 0 Å². The summed E-state index contributed by atoms with van der Waals surface area (Å²) in [6.45, 7) is 0. The maximum atomic E-state index is 8.33. The predicted molar refractivity (Wildman–Crippen MR) is 43.0 cm³/mol. The molecule has 0 fully saturated rings. The third-order valence-electron chi connectivity index (χ3n) is 1.41. The lowest BCUT2D eigenvalue weighted by atomic mass is 10.1. The van der Waals surface area contributed by atoms with Crippen LogP contribution in [0.25, 0.3) is 0 Å². The molecule has 0 unspecified atom stereocenters. The van der Waals surface area contributed by atoms with E-state index in [0.29, 0.717) is 11.6 Å². The molecule has 0 bridgehead atoms. The number of nitrogens with two attached hydrogens (primary N) is 1. The minimum absolute atomic E-state index is 0.233. The van der Waals surface area contributed by atoms with Gasteiger partial charge < -0.3 is 10.7 Å². The van der Waals surface area contributed by atoms with Crippen molar-refractivity contribution < 1.29 is 0 Å². The van der Waals surface area contributed by atoms with Gasteiger partial charge in [0.2, 0.25) is 0 Å². The molecule has 3 nitrogen and oxygen atoms in total. The van der Waals surface area contributed by atoms with Gasteiger partial charge in [0.1, 0.15) is 5.15 Å². The third kappa shape index (κ3) is 1.97. The molecule has 0 radical (unpaired) electrons. The summed E-state index contributed by atoms with van der Waals surface area (Å²) >= 11 is 5.61. The summed E-state index contributed by atoms with van der Waals surface area (Å²) in [7, 11) is 0. The highest BCUT2D eigenvalue weighted by atomic mass is 35.5. The van der Waals surface area contributed by atoms with Gasteiger partial charge in [-0.1, -0.05) is 11.6 Å². The number of aromatic nitrogens is 1. The first-order valence-electron chi connectivity index (χ1n) is 3.20. The highest BCUT2D eigenvalue weighted by Crippen LogP contribution is 2.16. The Morgan fingerprint density at radius 2 is 2.55 bits per heavy atom. The average Bonchev–Trinajstić information content (AvgIpc) is 2.36. The van der Waals surface area contributed by atoms with Crippen LogP contribution in [-0.4, -0.2) is 4.98 Å². The van der Waals surface area contributed by atoms with E-state index in [9.17, 15) is 0 Å². The van der Waals surface area contributed by atoms with Gasteiger partial charge in [0.25, 0.3) is 0 Å². The third-order valence-corrected chi connectivity index (χ3v) is 1.63. The molecular weight excluding hydrogens is 162 g/mol. The first kappa shape index (κ1) is 8.12. The van der Waals surface area contributed by atoms with Gasteiger partial charge in [0.05, 0.1) is 12.5 Å². The normalized spacial score (nSPS) is 12.5. The molecule has 0 aliphatic heterocycles. The van der Waals surface area contributed by atoms with Crippen LogP contribution in [0.15, 0.2) is 12.3 Å². The van der Waals surface area contributed by atoms with Gasteiger partial charge in [-0.05, 0) is 11.6 Å². The topological polar surface area (TPSA) is 65.6 Å². The van der Waals surface area contributed by atoms with E-state index in [4.69, 9.17) is 22.6 Å². The number of nitrogens with one attached hydrogen (secondary N) is 1. The zero-order valence-corrected chi connectivity index (χ0v) is 6.60. The molecule has 1 atom stereocenters. The van der Waals surface area contributed by atoms with Gasteiger partial charge in [0.15, 0.2) is 0 Å². The van der Waals surface area contributed by atoms with Crippen LogP contribution in [0.3, 0.4) is 0 Å². The number of hydrogen-bond acceptors (Lipinski definition) is 2. The Hall–Kier alpha value is -0.980. The monoisotopic (exact) mass is 169 g/mol. The van der Waals surface area contributed by atoms with Gasteiger partial charge >= 0.3 is 0 Å². The number of aromatic amines is 1. The van der Waals surface area contributed by atoms with Gasteiger partial charge in [-0.2, -0.15) is 5.26 Å². The lowest BCUT2D eigenvalue weighted by molar-refractivity contribution is 0.750. The molecule has 0 amide bonds. The summed E-state index contributed by atoms with van der Waals surface area (Å²) < 4.78 is 0. The first-order chi connectivity index (χ1) is 5.24. The molecule has 1 aromatic heterocycles. The summed E-state index contributed by atoms with van der Waals surface area (Å²) in [5.74, 6) is 0. The Kier molecular flexibility index (Phi) is 2.53. The Morgan fingerprint density at radius 1 is 1.82 bits per heavy atom. The molecule has 0 aromatic carbocycles. The minimum atomic E-state index is -0.233. The molecule has 11 heavy (non-hydrogen) atoms. The van der Waals surface area contributed by atoms with Crippen molar-refractivity contribution in [1.29, 1.82) is 5.26 Å². The molecule has 0 saturated carbocycles. The van der Waals surface area contributed by atoms with E-state index in [1.807, 2.05) is 6.07 Å². The quantitative estimate of drug-likeness (QED) is 0.706. The molecule has 58 valence electrons. The molecule has 1 heterocycles. The fourth-order valence-corrected chi connectivity index (χ4v) is 0.993. The molecule has 3 N–H and O–H groups in total. The van der Waals surface area contributed by atoms with E-state index in [1.165, 1.54) is 0 Å².